The van der Waals surface area contributed by atoms with Crippen LogP contribution in [-0.2, 0) is 16.5 Å². The summed E-state index contributed by atoms with van der Waals surface area (Å²) in [6, 6.07) is 0. The SMILES string of the molecule is CC(O)CN.CC(O)C[NH-].[N-]=C=S.[N-]=C=S.[Ni]. The van der Waals surface area contributed by atoms with Gasteiger partial charge in [-0.3, -0.25) is 0 Å². The molecule has 0 aromatic carbocycles. The van der Waals surface area contributed by atoms with Crippen LogP contribution in [0.15, 0.2) is 0 Å². The molecule has 0 aliphatic rings. The molecular weight excluding hydrogens is 307 g/mol. The van der Waals surface area contributed by atoms with E-state index in [1.807, 2.05) is 0 Å². The van der Waals surface area contributed by atoms with E-state index in [1.165, 1.54) is 10.3 Å². The molecule has 106 valence electrons. The molecule has 0 bridgehead atoms. The van der Waals surface area contributed by atoms with Gasteiger partial charge in [-0.15, -0.1) is 6.54 Å². The maximum Gasteiger partial charge on any atom is 0.0634 e. The molecule has 0 aromatic rings. The van der Waals surface area contributed by atoms with Gasteiger partial charge in [-0.25, -0.2) is 0 Å². The molecule has 9 heteroatoms. The van der Waals surface area contributed by atoms with Crippen LogP contribution in [0.25, 0.3) is 16.6 Å². The Bertz CT molecular complexity index is 162. The molecule has 2 atom stereocenters. The summed E-state index contributed by atoms with van der Waals surface area (Å²) in [6.07, 6.45) is -0.787. The van der Waals surface area contributed by atoms with E-state index < -0.39 is 6.10 Å². The first-order chi connectivity index (χ1) is 7.37. The largest absolute Gasteiger partial charge is 0.753 e. The third-order valence-corrected chi connectivity index (χ3v) is 0.637. The van der Waals surface area contributed by atoms with E-state index in [0.29, 0.717) is 6.54 Å². The smallest absolute Gasteiger partial charge is 0.0634 e. The number of rotatable bonds is 2. The number of aliphatic hydroxyl groups excluding tert-OH is 2. The summed E-state index contributed by atoms with van der Waals surface area (Å²) in [7, 11) is 0. The van der Waals surface area contributed by atoms with Gasteiger partial charge in [0.05, 0.1) is 6.10 Å². The molecule has 0 heterocycles. The fourth-order valence-electron chi connectivity index (χ4n) is 0. The minimum absolute atomic E-state index is 0. The molecule has 5 N–H and O–H groups in total. The third-order valence-electron chi connectivity index (χ3n) is 0.637. The molecule has 0 aromatic heterocycles. The molecule has 0 fully saturated rings. The Morgan fingerprint density at radius 2 is 1.29 bits per heavy atom. The Kier molecular flexibility index (Phi) is 63.9. The van der Waals surface area contributed by atoms with E-state index >= 15 is 0 Å². The van der Waals surface area contributed by atoms with Crippen molar-refractivity contribution in [2.24, 2.45) is 5.73 Å². The summed E-state index contributed by atoms with van der Waals surface area (Å²) in [5, 5.41) is 33.3. The van der Waals surface area contributed by atoms with Crippen molar-refractivity contribution in [2.45, 2.75) is 26.1 Å². The number of hydrogen-bond acceptors (Lipinski definition) is 5. The Labute approximate surface area is 123 Å². The van der Waals surface area contributed by atoms with Crippen molar-refractivity contribution < 1.29 is 26.7 Å². The maximum absolute atomic E-state index is 8.24. The Morgan fingerprint density at radius 3 is 1.29 bits per heavy atom. The Hall–Kier alpha value is -0.0665. The van der Waals surface area contributed by atoms with Crippen LogP contribution in [-0.4, -0.2) is 45.8 Å². The van der Waals surface area contributed by atoms with Crippen molar-refractivity contribution in [3.05, 3.63) is 16.6 Å². The minimum Gasteiger partial charge on any atom is -0.753 e. The van der Waals surface area contributed by atoms with Gasteiger partial charge in [0.25, 0.3) is 0 Å². The van der Waals surface area contributed by atoms with Gasteiger partial charge in [0.1, 0.15) is 0 Å². The summed E-state index contributed by atoms with van der Waals surface area (Å²) < 4.78 is 0. The first-order valence-electron chi connectivity index (χ1n) is 4.10. The van der Waals surface area contributed by atoms with Crippen LogP contribution < -0.4 is 5.73 Å². The zero-order chi connectivity index (χ0) is 14.0. The quantitative estimate of drug-likeness (QED) is 0.396. The fourth-order valence-corrected chi connectivity index (χ4v) is 0. The van der Waals surface area contributed by atoms with Gasteiger partial charge in [-0.2, -0.15) is 10.3 Å². The molecule has 2 unspecified atom stereocenters. The number of isothiocyanates is 2. The van der Waals surface area contributed by atoms with Gasteiger partial charge in [-0.1, -0.05) is 24.4 Å². The summed E-state index contributed by atoms with van der Waals surface area (Å²) >= 11 is 7.40. The number of nitrogens with two attached hydrogens (primary N) is 1. The minimum atomic E-state index is -0.449. The molecule has 0 amide bonds. The van der Waals surface area contributed by atoms with Crippen molar-refractivity contribution >= 4 is 34.8 Å². The van der Waals surface area contributed by atoms with Crippen molar-refractivity contribution in [1.29, 1.82) is 0 Å². The van der Waals surface area contributed by atoms with Gasteiger partial charge in [0.15, 0.2) is 0 Å². The van der Waals surface area contributed by atoms with E-state index in [9.17, 15) is 0 Å². The van der Waals surface area contributed by atoms with Crippen LogP contribution in [0.1, 0.15) is 13.8 Å². The average molecular weight is 324 g/mol. The van der Waals surface area contributed by atoms with Gasteiger partial charge in [0.2, 0.25) is 0 Å². The Balaban J connectivity index is -0.0000000381. The van der Waals surface area contributed by atoms with Crippen molar-refractivity contribution in [1.82, 2.24) is 0 Å². The van der Waals surface area contributed by atoms with Crippen LogP contribution >= 0.6 is 24.4 Å². The number of nitrogens with one attached hydrogen (secondary N) is 1. The van der Waals surface area contributed by atoms with Gasteiger partial charge < -0.3 is 32.5 Å². The molecule has 0 radical (unpaired) electrons. The molecule has 0 saturated carbocycles. The van der Waals surface area contributed by atoms with Gasteiger partial charge in [0, 0.05) is 29.1 Å². The van der Waals surface area contributed by atoms with Crippen LogP contribution in [0.5, 0.6) is 0 Å². The summed E-state index contributed by atoms with van der Waals surface area (Å²) in [5.41, 5.74) is 11.3. The molecule has 0 aliphatic heterocycles. The number of nitrogens with zero attached hydrogens (tertiary/aromatic N) is 2. The normalized spacial score (nSPS) is 9.76. The predicted molar refractivity (Wildman–Crippen MR) is 73.5 cm³/mol. The summed E-state index contributed by atoms with van der Waals surface area (Å²) in [4.78, 5) is 0. The van der Waals surface area contributed by atoms with Crippen molar-refractivity contribution in [2.75, 3.05) is 13.1 Å². The Morgan fingerprint density at radius 1 is 1.18 bits per heavy atom. The average Bonchev–Trinajstić information content (AvgIpc) is 2.21. The van der Waals surface area contributed by atoms with Gasteiger partial charge in [-0.05, 0) is 13.8 Å². The second-order valence-corrected chi connectivity index (χ2v) is 2.69. The fraction of sp³-hybridized carbons (Fsp3) is 0.750. The van der Waals surface area contributed by atoms with Crippen LogP contribution in [0.4, 0.5) is 0 Å². The molecule has 0 aliphatic carbocycles. The zero-order valence-corrected chi connectivity index (χ0v) is 12.2. The van der Waals surface area contributed by atoms with Crippen molar-refractivity contribution in [3.63, 3.8) is 0 Å². The van der Waals surface area contributed by atoms with Gasteiger partial charge >= 0.3 is 0 Å². The first kappa shape index (κ1) is 30.2. The second-order valence-electron chi connectivity index (χ2n) is 2.32. The summed E-state index contributed by atoms with van der Waals surface area (Å²) in [6.45, 7) is 3.72. The topological polar surface area (TPSA) is 135 Å². The van der Waals surface area contributed by atoms with E-state index in [1.54, 1.807) is 13.8 Å². The molecule has 17 heavy (non-hydrogen) atoms. The number of aliphatic hydroxyl groups is 2. The third kappa shape index (κ3) is 200. The van der Waals surface area contributed by atoms with Crippen molar-refractivity contribution in [3.8, 4) is 0 Å². The number of thiocarbonyl (C=S) groups is 2. The molecule has 0 saturated heterocycles. The predicted octanol–water partition coefficient (Wildman–Crippen LogP) is 1.06. The molecule has 0 spiro atoms. The number of hydrogen-bond donors (Lipinski definition) is 3. The van der Waals surface area contributed by atoms with E-state index in [2.05, 4.69) is 24.4 Å². The second kappa shape index (κ2) is 36.0. The summed E-state index contributed by atoms with van der Waals surface area (Å²) in [5.74, 6) is 0. The van der Waals surface area contributed by atoms with E-state index in [0.717, 1.165) is 0 Å². The van der Waals surface area contributed by atoms with Crippen LogP contribution in [0, 0.1) is 0 Å². The zero-order valence-electron chi connectivity index (χ0n) is 9.57. The van der Waals surface area contributed by atoms with Crippen LogP contribution in [0.3, 0.4) is 0 Å². The van der Waals surface area contributed by atoms with E-state index in [-0.39, 0.29) is 29.1 Å². The monoisotopic (exact) mass is 323 g/mol. The first-order valence-corrected chi connectivity index (χ1v) is 4.92. The molecule has 6 nitrogen and oxygen atoms in total. The standard InChI is InChI=1S/C3H9NO.C3H8NO.2CNS.Ni/c2*1-3(5)2-4;2*2-1-3;/h3,5H,2,4H2,1H3;3-5H,2H2,1H3;;;/q;3*-1;. The van der Waals surface area contributed by atoms with Crippen LogP contribution in [0.2, 0.25) is 0 Å². The molecule has 0 rings (SSSR count). The maximum atomic E-state index is 8.24. The van der Waals surface area contributed by atoms with E-state index in [4.69, 9.17) is 32.5 Å². The molecular formula is C8H17N4NiO2S2-3.